The van der Waals surface area contributed by atoms with Gasteiger partial charge in [-0.1, -0.05) is 227 Å². The summed E-state index contributed by atoms with van der Waals surface area (Å²) in [7, 11) is 0. The van der Waals surface area contributed by atoms with Gasteiger partial charge < -0.3 is 5.32 Å². The predicted molar refractivity (Wildman–Crippen MR) is 293 cm³/mol. The fraction of sp³-hybridized carbons (Fsp3) is 0.134. The van der Waals surface area contributed by atoms with Crippen molar-refractivity contribution in [2.75, 3.05) is 5.32 Å². The number of nitrogens with one attached hydrogen (secondary N) is 1. The summed E-state index contributed by atoms with van der Waals surface area (Å²) in [5, 5.41) is 9.00. The van der Waals surface area contributed by atoms with Crippen molar-refractivity contribution in [3.63, 3.8) is 0 Å². The van der Waals surface area contributed by atoms with E-state index in [2.05, 4.69) is 257 Å². The van der Waals surface area contributed by atoms with Gasteiger partial charge in [0.05, 0.1) is 17.4 Å². The lowest BCUT2D eigenvalue weighted by atomic mass is 9.72. The lowest BCUT2D eigenvalue weighted by Gasteiger charge is -2.35. The van der Waals surface area contributed by atoms with Crippen LogP contribution in [0.3, 0.4) is 0 Å². The van der Waals surface area contributed by atoms with E-state index in [9.17, 15) is 0 Å². The van der Waals surface area contributed by atoms with Gasteiger partial charge in [0, 0.05) is 34.2 Å². The molecule has 0 radical (unpaired) electrons. The van der Waals surface area contributed by atoms with Crippen molar-refractivity contribution in [2.45, 2.75) is 32.7 Å². The first kappa shape index (κ1) is 42.0. The Morgan fingerprint density at radius 1 is 0.486 bits per heavy atom. The van der Waals surface area contributed by atoms with E-state index >= 15 is 0 Å². The fourth-order valence-corrected chi connectivity index (χ4v) is 12.1. The Labute approximate surface area is 411 Å². The molecule has 8 aromatic carbocycles. The quantitative estimate of drug-likeness (QED) is 0.173. The van der Waals surface area contributed by atoms with E-state index in [1.165, 1.54) is 82.9 Å². The van der Waals surface area contributed by atoms with Gasteiger partial charge in [0.25, 0.3) is 0 Å². The zero-order valence-electron chi connectivity index (χ0n) is 39.7. The van der Waals surface area contributed by atoms with Gasteiger partial charge in [0.2, 0.25) is 0 Å². The zero-order valence-corrected chi connectivity index (χ0v) is 39.7. The molecule has 0 amide bonds. The van der Waals surface area contributed by atoms with Crippen LogP contribution >= 0.6 is 0 Å². The molecule has 1 N–H and O–H groups in total. The Kier molecular flexibility index (Phi) is 10.1. The van der Waals surface area contributed by atoms with Gasteiger partial charge in [0.1, 0.15) is 5.82 Å². The number of allylic oxidation sites excluding steroid dienone is 7. The minimum atomic E-state index is -0.0260. The Balaban J connectivity index is 0.850. The van der Waals surface area contributed by atoms with Crippen molar-refractivity contribution in [3.05, 3.63) is 259 Å². The number of nitrogens with zero attached hydrogens (tertiary/aromatic N) is 2. The summed E-state index contributed by atoms with van der Waals surface area (Å²) in [5.74, 6) is 1.92. The molecule has 3 heteroatoms. The van der Waals surface area contributed by atoms with Gasteiger partial charge in [-0.15, -0.1) is 0 Å². The maximum Gasteiger partial charge on any atom is 0.137 e. The molecule has 70 heavy (non-hydrogen) atoms. The number of aromatic nitrogens is 2. The van der Waals surface area contributed by atoms with Gasteiger partial charge in [-0.2, -0.15) is 0 Å². The molecule has 0 bridgehead atoms. The molecule has 0 saturated heterocycles. The van der Waals surface area contributed by atoms with Crippen molar-refractivity contribution >= 4 is 38.4 Å². The van der Waals surface area contributed by atoms with Crippen molar-refractivity contribution in [3.8, 4) is 44.8 Å². The van der Waals surface area contributed by atoms with E-state index < -0.39 is 0 Å². The molecular weight excluding hydrogens is 847 g/mol. The molecule has 5 unspecified atom stereocenters. The third-order valence-electron chi connectivity index (χ3n) is 15.7. The summed E-state index contributed by atoms with van der Waals surface area (Å²) in [4.78, 5) is 10.7. The molecule has 0 spiro atoms. The van der Waals surface area contributed by atoms with Crippen LogP contribution in [0.2, 0.25) is 0 Å². The summed E-state index contributed by atoms with van der Waals surface area (Å²) in [6, 6.07) is 68.8. The van der Waals surface area contributed by atoms with E-state index in [-0.39, 0.29) is 23.3 Å². The maximum atomic E-state index is 5.36. The molecule has 336 valence electrons. The highest BCUT2D eigenvalue weighted by Gasteiger charge is 2.53. The topological polar surface area (TPSA) is 37.8 Å². The number of rotatable bonds is 7. The lowest BCUT2D eigenvalue weighted by Crippen LogP contribution is -2.31. The summed E-state index contributed by atoms with van der Waals surface area (Å²) in [6.45, 7) is 7.19. The molecule has 4 aliphatic rings. The Hall–Kier alpha value is -8.14. The number of benzene rings is 8. The standard InChI is InChI=1S/C67H53N3/c1-42-38-50(44-16-8-5-9-17-44)34-36-55(42)66-69-60(48-26-22-45(23-27-48)43-14-6-4-7-15-43)41-61(70-66)54-33-32-52-39-51(30-31-53(52)40-54)46-24-28-49(29-25-46)62-63-56-19-11-10-18-47(56)35-37-59(63)68-65-57-20-12-13-21-58(57)67(2,3)64(62)65/h4-42,55,57-58,65,68H,1-3H3. The van der Waals surface area contributed by atoms with E-state index in [1.807, 2.05) is 0 Å². The first-order chi connectivity index (χ1) is 34.3. The third-order valence-corrected chi connectivity index (χ3v) is 15.7. The molecule has 13 rings (SSSR count). The van der Waals surface area contributed by atoms with Crippen LogP contribution in [-0.2, 0) is 0 Å². The molecule has 1 aromatic heterocycles. The Morgan fingerprint density at radius 2 is 1.06 bits per heavy atom. The smallest absolute Gasteiger partial charge is 0.137 e. The van der Waals surface area contributed by atoms with Crippen LogP contribution < -0.4 is 5.32 Å². The average Bonchev–Trinajstić information content (AvgIpc) is 3.65. The number of hydrogen-bond donors (Lipinski definition) is 1. The highest BCUT2D eigenvalue weighted by Crippen LogP contribution is 2.59. The van der Waals surface area contributed by atoms with Crippen LogP contribution in [0, 0.1) is 23.2 Å². The largest absolute Gasteiger partial charge is 0.377 e. The van der Waals surface area contributed by atoms with Crippen LogP contribution in [0.25, 0.3) is 77.5 Å². The Bertz CT molecular complexity index is 3670. The second-order valence-corrected chi connectivity index (χ2v) is 20.2. The van der Waals surface area contributed by atoms with Crippen LogP contribution in [0.15, 0.2) is 236 Å². The third kappa shape index (κ3) is 7.19. The van der Waals surface area contributed by atoms with E-state index in [0.29, 0.717) is 11.8 Å². The molecule has 1 saturated carbocycles. The summed E-state index contributed by atoms with van der Waals surface area (Å²) in [5.41, 5.74) is 17.9. The van der Waals surface area contributed by atoms with Gasteiger partial charge in [0.15, 0.2) is 0 Å². The molecule has 5 atom stereocenters. The Morgan fingerprint density at radius 3 is 1.80 bits per heavy atom. The number of anilines is 1. The second-order valence-electron chi connectivity index (χ2n) is 20.2. The van der Waals surface area contributed by atoms with Crippen molar-refractivity contribution in [1.82, 2.24) is 9.97 Å². The normalized spacial score (nSPS) is 20.7. The van der Waals surface area contributed by atoms with Crippen LogP contribution in [0.5, 0.6) is 0 Å². The van der Waals surface area contributed by atoms with Gasteiger partial charge in [-0.25, -0.2) is 9.97 Å². The summed E-state index contributed by atoms with van der Waals surface area (Å²) in [6.07, 6.45) is 16.2. The van der Waals surface area contributed by atoms with E-state index in [0.717, 1.165) is 28.3 Å². The van der Waals surface area contributed by atoms with Gasteiger partial charge in [-0.3, -0.25) is 0 Å². The van der Waals surface area contributed by atoms with E-state index in [1.54, 1.807) is 0 Å². The molecule has 3 nitrogen and oxygen atoms in total. The lowest BCUT2D eigenvalue weighted by molar-refractivity contribution is 0.329. The van der Waals surface area contributed by atoms with Gasteiger partial charge in [-0.05, 0) is 113 Å². The first-order valence-electron chi connectivity index (χ1n) is 24.9. The first-order valence-corrected chi connectivity index (χ1v) is 24.9. The SMILES string of the molecule is CC1C=C(c2ccccc2)C=CC1c1nc(-c2ccc(-c3ccccc3)cc2)cc(-c2ccc3cc(-c4ccc(C5=C6C(Nc7ccc8ccccc8c75)C5C=CC=CC5C6(C)C)cc4)ccc3c2)n1. The highest BCUT2D eigenvalue weighted by molar-refractivity contribution is 6.06. The van der Waals surface area contributed by atoms with Crippen molar-refractivity contribution in [1.29, 1.82) is 0 Å². The van der Waals surface area contributed by atoms with Crippen LogP contribution in [-0.4, -0.2) is 16.0 Å². The molecule has 1 aliphatic heterocycles. The monoisotopic (exact) mass is 899 g/mol. The predicted octanol–water partition coefficient (Wildman–Crippen LogP) is 16.8. The molecule has 3 aliphatic carbocycles. The average molecular weight is 900 g/mol. The second kappa shape index (κ2) is 16.8. The highest BCUT2D eigenvalue weighted by atomic mass is 15.0. The number of fused-ring (bicyclic) bond motifs is 7. The molecule has 9 aromatic rings. The molecule has 2 heterocycles. The fourth-order valence-electron chi connectivity index (χ4n) is 12.1. The van der Waals surface area contributed by atoms with Crippen LogP contribution in [0.4, 0.5) is 5.69 Å². The molecular formula is C67H53N3. The zero-order chi connectivity index (χ0) is 46.9. The van der Waals surface area contributed by atoms with Crippen molar-refractivity contribution in [2.24, 2.45) is 23.2 Å². The van der Waals surface area contributed by atoms with Gasteiger partial charge >= 0.3 is 0 Å². The summed E-state index contributed by atoms with van der Waals surface area (Å²) < 4.78 is 0. The minimum Gasteiger partial charge on any atom is -0.377 e. The van der Waals surface area contributed by atoms with Crippen molar-refractivity contribution < 1.29 is 0 Å². The summed E-state index contributed by atoms with van der Waals surface area (Å²) >= 11 is 0. The minimum absolute atomic E-state index is 0.0260. The number of hydrogen-bond acceptors (Lipinski definition) is 3. The molecule has 1 fully saturated rings. The maximum absolute atomic E-state index is 5.36. The van der Waals surface area contributed by atoms with Crippen LogP contribution in [0.1, 0.15) is 49.2 Å². The van der Waals surface area contributed by atoms with E-state index in [4.69, 9.17) is 9.97 Å².